The Kier molecular flexibility index (Phi) is 4.27. The highest BCUT2D eigenvalue weighted by molar-refractivity contribution is 5.74. The number of nitrogens with one attached hydrogen (secondary N) is 1. The first-order valence-corrected chi connectivity index (χ1v) is 7.75. The molecule has 4 fully saturated rings. The first kappa shape index (κ1) is 13.9. The van der Waals surface area contributed by atoms with Crippen LogP contribution in [0.3, 0.4) is 0 Å². The third kappa shape index (κ3) is 2.83. The molecule has 2 bridgehead atoms. The molecule has 4 rings (SSSR count). The van der Waals surface area contributed by atoms with E-state index in [9.17, 15) is 4.79 Å². The number of hydrogen-bond donors (Lipinski definition) is 1. The standard InChI is InChI=1S/C15H25N3O2/c1-2-12-11-18-4-3-13(12)9-14(18)10-16-15(19)17-5-7-20-8-6-17/h2,12-14H,1,3-11H2,(H,16,19)/t12-,13+,14+/m0/s1. The van der Waals surface area contributed by atoms with Crippen LogP contribution in [0.5, 0.6) is 0 Å². The number of carbonyl (C=O) groups excluding carboxylic acids is 1. The number of hydrogen-bond acceptors (Lipinski definition) is 3. The van der Waals surface area contributed by atoms with Crippen molar-refractivity contribution in [3.63, 3.8) is 0 Å². The largest absolute Gasteiger partial charge is 0.378 e. The lowest BCUT2D eigenvalue weighted by molar-refractivity contribution is 0.0186. The minimum atomic E-state index is 0.0659. The van der Waals surface area contributed by atoms with Gasteiger partial charge in [-0.3, -0.25) is 4.90 Å². The molecular weight excluding hydrogens is 254 g/mol. The molecule has 20 heavy (non-hydrogen) atoms. The second kappa shape index (κ2) is 6.14. The number of ether oxygens (including phenoxy) is 1. The van der Waals surface area contributed by atoms with Crippen LogP contribution in [0.15, 0.2) is 12.7 Å². The van der Waals surface area contributed by atoms with Crippen molar-refractivity contribution in [1.82, 2.24) is 15.1 Å². The van der Waals surface area contributed by atoms with Crippen LogP contribution in [-0.2, 0) is 4.74 Å². The van der Waals surface area contributed by atoms with Gasteiger partial charge >= 0.3 is 6.03 Å². The predicted octanol–water partition coefficient (Wildman–Crippen LogP) is 0.925. The molecule has 2 amide bonds. The normalized spacial score (nSPS) is 36.7. The summed E-state index contributed by atoms with van der Waals surface area (Å²) in [5.41, 5.74) is 0. The summed E-state index contributed by atoms with van der Waals surface area (Å²) >= 11 is 0. The third-order valence-corrected chi connectivity index (χ3v) is 5.02. The molecule has 4 heterocycles. The quantitative estimate of drug-likeness (QED) is 0.782. The van der Waals surface area contributed by atoms with Gasteiger partial charge in [-0.25, -0.2) is 4.79 Å². The molecule has 4 aliphatic heterocycles. The zero-order valence-electron chi connectivity index (χ0n) is 12.1. The number of urea groups is 1. The second-order valence-electron chi connectivity index (χ2n) is 6.12. The average molecular weight is 279 g/mol. The molecule has 5 nitrogen and oxygen atoms in total. The van der Waals surface area contributed by atoms with Gasteiger partial charge in [0, 0.05) is 32.2 Å². The van der Waals surface area contributed by atoms with E-state index in [1.165, 1.54) is 19.4 Å². The van der Waals surface area contributed by atoms with E-state index >= 15 is 0 Å². The van der Waals surface area contributed by atoms with E-state index in [0.717, 1.165) is 19.0 Å². The number of piperidine rings is 3. The summed E-state index contributed by atoms with van der Waals surface area (Å²) in [5.74, 6) is 1.41. The fraction of sp³-hybridized carbons (Fsp3) is 0.800. The number of morpholine rings is 1. The van der Waals surface area contributed by atoms with Crippen molar-refractivity contribution in [2.24, 2.45) is 11.8 Å². The summed E-state index contributed by atoms with van der Waals surface area (Å²) in [5, 5.41) is 3.10. The number of fused-ring (bicyclic) bond motifs is 3. The Morgan fingerprint density at radius 3 is 2.80 bits per heavy atom. The molecule has 4 atom stereocenters. The SMILES string of the molecule is C=C[C@H]1CN2CC[C@@H]1C[C@@H]2CNC(=O)N1CCOCC1. The summed E-state index contributed by atoms with van der Waals surface area (Å²) in [4.78, 5) is 16.5. The summed E-state index contributed by atoms with van der Waals surface area (Å²) < 4.78 is 5.27. The number of rotatable bonds is 3. The van der Waals surface area contributed by atoms with E-state index in [4.69, 9.17) is 4.74 Å². The molecule has 0 aromatic rings. The predicted molar refractivity (Wildman–Crippen MR) is 77.6 cm³/mol. The van der Waals surface area contributed by atoms with E-state index < -0.39 is 0 Å². The fourth-order valence-electron chi connectivity index (χ4n) is 3.74. The van der Waals surface area contributed by atoms with E-state index in [-0.39, 0.29) is 6.03 Å². The Balaban J connectivity index is 1.47. The van der Waals surface area contributed by atoms with E-state index in [0.29, 0.717) is 38.3 Å². The number of nitrogens with zero attached hydrogens (tertiary/aromatic N) is 2. The third-order valence-electron chi connectivity index (χ3n) is 5.02. The average Bonchev–Trinajstić information content (AvgIpc) is 2.53. The maximum atomic E-state index is 12.1. The van der Waals surface area contributed by atoms with Gasteiger partial charge in [-0.2, -0.15) is 0 Å². The van der Waals surface area contributed by atoms with Crippen LogP contribution in [0.2, 0.25) is 0 Å². The monoisotopic (exact) mass is 279 g/mol. The molecule has 0 aromatic heterocycles. The van der Waals surface area contributed by atoms with Gasteiger partial charge in [0.1, 0.15) is 0 Å². The van der Waals surface area contributed by atoms with Crippen LogP contribution >= 0.6 is 0 Å². The van der Waals surface area contributed by atoms with Crippen LogP contribution in [0.1, 0.15) is 12.8 Å². The fourth-order valence-corrected chi connectivity index (χ4v) is 3.74. The first-order valence-electron chi connectivity index (χ1n) is 7.75. The Bertz CT molecular complexity index is 368. The summed E-state index contributed by atoms with van der Waals surface area (Å²) in [6, 6.07) is 0.575. The lowest BCUT2D eigenvalue weighted by Gasteiger charge is -2.49. The topological polar surface area (TPSA) is 44.8 Å². The zero-order valence-corrected chi connectivity index (χ0v) is 12.1. The van der Waals surface area contributed by atoms with E-state index in [2.05, 4.69) is 22.9 Å². The highest BCUT2D eigenvalue weighted by Gasteiger charge is 2.38. The summed E-state index contributed by atoms with van der Waals surface area (Å²) in [7, 11) is 0. The van der Waals surface area contributed by atoms with Crippen molar-refractivity contribution < 1.29 is 9.53 Å². The molecule has 0 aromatic carbocycles. The lowest BCUT2D eigenvalue weighted by Crippen LogP contribution is -2.57. The van der Waals surface area contributed by atoms with E-state index in [1.807, 2.05) is 4.90 Å². The molecule has 0 aliphatic carbocycles. The first-order chi connectivity index (χ1) is 9.78. The Morgan fingerprint density at radius 2 is 2.15 bits per heavy atom. The number of carbonyl (C=O) groups is 1. The number of amides is 2. The zero-order chi connectivity index (χ0) is 13.9. The second-order valence-corrected chi connectivity index (χ2v) is 6.12. The van der Waals surface area contributed by atoms with Gasteiger partial charge in [0.2, 0.25) is 0 Å². The highest BCUT2D eigenvalue weighted by atomic mass is 16.5. The molecule has 4 aliphatic rings. The van der Waals surface area contributed by atoms with Gasteiger partial charge in [0.15, 0.2) is 0 Å². The molecule has 0 radical (unpaired) electrons. The molecule has 112 valence electrons. The van der Waals surface area contributed by atoms with Crippen LogP contribution in [0, 0.1) is 11.8 Å². The van der Waals surface area contributed by atoms with Gasteiger partial charge in [0.25, 0.3) is 0 Å². The minimum Gasteiger partial charge on any atom is -0.378 e. The Hall–Kier alpha value is -1.07. The molecule has 5 heteroatoms. The summed E-state index contributed by atoms with van der Waals surface area (Å²) in [6.07, 6.45) is 4.59. The van der Waals surface area contributed by atoms with Crippen molar-refractivity contribution in [2.75, 3.05) is 45.9 Å². The maximum Gasteiger partial charge on any atom is 0.317 e. The van der Waals surface area contributed by atoms with Gasteiger partial charge in [-0.1, -0.05) is 6.08 Å². The van der Waals surface area contributed by atoms with Crippen LogP contribution in [0.4, 0.5) is 4.79 Å². The van der Waals surface area contributed by atoms with Gasteiger partial charge < -0.3 is 15.0 Å². The van der Waals surface area contributed by atoms with Gasteiger partial charge in [-0.05, 0) is 31.2 Å². The van der Waals surface area contributed by atoms with Crippen molar-refractivity contribution in [3.8, 4) is 0 Å². The van der Waals surface area contributed by atoms with Gasteiger partial charge in [-0.15, -0.1) is 6.58 Å². The Morgan fingerprint density at radius 1 is 1.35 bits per heavy atom. The Labute approximate surface area is 120 Å². The molecule has 1 unspecified atom stereocenters. The molecule has 1 N–H and O–H groups in total. The molecule has 0 spiro atoms. The van der Waals surface area contributed by atoms with E-state index in [1.54, 1.807) is 0 Å². The van der Waals surface area contributed by atoms with Crippen LogP contribution in [-0.4, -0.2) is 67.8 Å². The molecule has 0 saturated carbocycles. The summed E-state index contributed by atoms with van der Waals surface area (Å²) in [6.45, 7) is 9.75. The van der Waals surface area contributed by atoms with Crippen molar-refractivity contribution in [3.05, 3.63) is 12.7 Å². The molecule has 4 saturated heterocycles. The molecular formula is C15H25N3O2. The van der Waals surface area contributed by atoms with Gasteiger partial charge in [0.05, 0.1) is 13.2 Å². The van der Waals surface area contributed by atoms with Crippen LogP contribution < -0.4 is 5.32 Å². The van der Waals surface area contributed by atoms with Crippen molar-refractivity contribution >= 4 is 6.03 Å². The smallest absolute Gasteiger partial charge is 0.317 e. The lowest BCUT2D eigenvalue weighted by atomic mass is 9.75. The minimum absolute atomic E-state index is 0.0659. The maximum absolute atomic E-state index is 12.1. The van der Waals surface area contributed by atoms with Crippen LogP contribution in [0.25, 0.3) is 0 Å². The highest BCUT2D eigenvalue weighted by Crippen LogP contribution is 2.36. The van der Waals surface area contributed by atoms with Crippen molar-refractivity contribution in [1.29, 1.82) is 0 Å². The van der Waals surface area contributed by atoms with Crippen molar-refractivity contribution in [2.45, 2.75) is 18.9 Å².